The number of fused-ring (bicyclic) bond motifs is 2. The highest BCUT2D eigenvalue weighted by Crippen LogP contribution is 2.31. The Bertz CT molecular complexity index is 1510. The summed E-state index contributed by atoms with van der Waals surface area (Å²) >= 11 is 1.50. The van der Waals surface area contributed by atoms with Gasteiger partial charge in [0.15, 0.2) is 5.65 Å². The Hall–Kier alpha value is -3.98. The summed E-state index contributed by atoms with van der Waals surface area (Å²) in [6.07, 6.45) is 3.27. The van der Waals surface area contributed by atoms with Crippen molar-refractivity contribution in [3.05, 3.63) is 83.1 Å². The van der Waals surface area contributed by atoms with E-state index < -0.39 is 5.63 Å². The lowest BCUT2D eigenvalue weighted by Crippen LogP contribution is -2.06. The van der Waals surface area contributed by atoms with Crippen molar-refractivity contribution in [3.63, 3.8) is 0 Å². The monoisotopic (exact) mass is 443 g/mol. The van der Waals surface area contributed by atoms with Crippen molar-refractivity contribution in [1.29, 1.82) is 0 Å². The fourth-order valence-corrected chi connectivity index (χ4v) is 4.42. The van der Waals surface area contributed by atoms with E-state index in [1.807, 2.05) is 36.4 Å². The maximum absolute atomic E-state index is 12.1. The van der Waals surface area contributed by atoms with E-state index in [1.54, 1.807) is 23.0 Å². The number of nitrogens with zero attached hydrogens (tertiary/aromatic N) is 4. The number of nitrogens with one attached hydrogen (secondary N) is 1. The van der Waals surface area contributed by atoms with Gasteiger partial charge in [0.2, 0.25) is 5.91 Å². The highest BCUT2D eigenvalue weighted by molar-refractivity contribution is 7.98. The van der Waals surface area contributed by atoms with Crippen molar-refractivity contribution in [3.8, 4) is 5.69 Å². The minimum atomic E-state index is -0.446. The summed E-state index contributed by atoms with van der Waals surface area (Å²) in [7, 11) is 0. The minimum Gasteiger partial charge on any atom is -0.423 e. The van der Waals surface area contributed by atoms with Crippen molar-refractivity contribution in [1.82, 2.24) is 19.7 Å². The van der Waals surface area contributed by atoms with Crippen molar-refractivity contribution in [2.75, 3.05) is 5.32 Å². The largest absolute Gasteiger partial charge is 0.423 e. The summed E-state index contributed by atoms with van der Waals surface area (Å²) < 4.78 is 7.12. The van der Waals surface area contributed by atoms with E-state index in [2.05, 4.69) is 20.4 Å². The Morgan fingerprint density at radius 3 is 2.75 bits per heavy atom. The topological polar surface area (TPSA) is 103 Å². The molecule has 0 saturated heterocycles. The Kier molecular flexibility index (Phi) is 5.16. The number of amides is 1. The Morgan fingerprint density at radius 2 is 1.94 bits per heavy atom. The molecule has 0 aliphatic rings. The molecule has 2 aromatic carbocycles. The molecule has 0 aliphatic heterocycles. The van der Waals surface area contributed by atoms with Crippen LogP contribution in [0.4, 0.5) is 5.69 Å². The van der Waals surface area contributed by atoms with Crippen molar-refractivity contribution >= 4 is 45.4 Å². The van der Waals surface area contributed by atoms with Gasteiger partial charge in [-0.25, -0.2) is 19.4 Å². The SMILES string of the molecule is CC(=O)Nc1ccc2c(CSc3ncnc4c3cnn4-c3ccccc3)cc(=O)oc2c1. The molecule has 3 heterocycles. The van der Waals surface area contributed by atoms with Gasteiger partial charge < -0.3 is 9.73 Å². The van der Waals surface area contributed by atoms with Crippen LogP contribution in [0.15, 0.2) is 81.4 Å². The first-order valence-electron chi connectivity index (χ1n) is 9.80. The van der Waals surface area contributed by atoms with Gasteiger partial charge in [-0.3, -0.25) is 4.79 Å². The highest BCUT2D eigenvalue weighted by Gasteiger charge is 2.13. The number of benzene rings is 2. The molecule has 32 heavy (non-hydrogen) atoms. The average Bonchev–Trinajstić information content (AvgIpc) is 3.22. The van der Waals surface area contributed by atoms with Gasteiger partial charge in [-0.05, 0) is 29.8 Å². The smallest absolute Gasteiger partial charge is 0.336 e. The summed E-state index contributed by atoms with van der Waals surface area (Å²) in [5, 5.41) is 9.59. The molecule has 0 radical (unpaired) electrons. The first kappa shape index (κ1) is 20.0. The molecule has 9 heteroatoms. The standard InChI is InChI=1S/C23H17N5O3S/c1-14(29)27-16-7-8-18-15(9-21(30)31-20(18)10-16)12-32-23-19-11-26-28(22(19)24-13-25-23)17-5-3-2-4-6-17/h2-11,13H,12H2,1H3,(H,27,29). The molecule has 158 valence electrons. The molecule has 0 saturated carbocycles. The van der Waals surface area contributed by atoms with Crippen LogP contribution in [0.25, 0.3) is 27.7 Å². The minimum absolute atomic E-state index is 0.192. The predicted octanol–water partition coefficient (Wildman–Crippen LogP) is 4.17. The van der Waals surface area contributed by atoms with Crippen LogP contribution in [0.2, 0.25) is 0 Å². The van der Waals surface area contributed by atoms with Crippen LogP contribution < -0.4 is 10.9 Å². The number of anilines is 1. The number of carbonyl (C=O) groups is 1. The van der Waals surface area contributed by atoms with E-state index >= 15 is 0 Å². The number of carbonyl (C=O) groups excluding carboxylic acids is 1. The molecule has 0 atom stereocenters. The van der Waals surface area contributed by atoms with Gasteiger partial charge >= 0.3 is 5.63 Å². The van der Waals surface area contributed by atoms with Gasteiger partial charge in [0.05, 0.1) is 17.3 Å². The Morgan fingerprint density at radius 1 is 1.09 bits per heavy atom. The van der Waals surface area contributed by atoms with Gasteiger partial charge in [0, 0.05) is 35.9 Å². The second-order valence-electron chi connectivity index (χ2n) is 7.08. The summed E-state index contributed by atoms with van der Waals surface area (Å²) in [6, 6.07) is 16.5. The molecule has 0 bridgehead atoms. The van der Waals surface area contributed by atoms with E-state index in [-0.39, 0.29) is 5.91 Å². The average molecular weight is 443 g/mol. The third-order valence-electron chi connectivity index (χ3n) is 4.84. The molecule has 8 nitrogen and oxygen atoms in total. The number of aromatic nitrogens is 4. The quantitative estimate of drug-likeness (QED) is 0.247. The molecular formula is C23H17N5O3S. The summed E-state index contributed by atoms with van der Waals surface area (Å²) in [5.41, 5.74) is 2.99. The number of rotatable bonds is 5. The number of thioether (sulfide) groups is 1. The van der Waals surface area contributed by atoms with Gasteiger partial charge in [-0.2, -0.15) is 5.10 Å². The van der Waals surface area contributed by atoms with E-state index in [9.17, 15) is 9.59 Å². The molecule has 0 spiro atoms. The first-order valence-corrected chi connectivity index (χ1v) is 10.8. The zero-order valence-electron chi connectivity index (χ0n) is 17.0. The molecular weight excluding hydrogens is 426 g/mol. The molecule has 5 rings (SSSR count). The lowest BCUT2D eigenvalue weighted by atomic mass is 10.1. The fraction of sp³-hybridized carbons (Fsp3) is 0.0870. The van der Waals surface area contributed by atoms with Crippen LogP contribution in [0.5, 0.6) is 0 Å². The zero-order valence-corrected chi connectivity index (χ0v) is 17.8. The van der Waals surface area contributed by atoms with Crippen molar-refractivity contribution in [2.24, 2.45) is 0 Å². The maximum atomic E-state index is 12.1. The van der Waals surface area contributed by atoms with Gasteiger partial charge in [-0.1, -0.05) is 18.2 Å². The highest BCUT2D eigenvalue weighted by atomic mass is 32.2. The third kappa shape index (κ3) is 3.85. The summed E-state index contributed by atoms with van der Waals surface area (Å²) in [4.78, 5) is 32.3. The molecule has 1 amide bonds. The van der Waals surface area contributed by atoms with Gasteiger partial charge in [0.1, 0.15) is 16.9 Å². The van der Waals surface area contributed by atoms with Crippen LogP contribution in [0.3, 0.4) is 0 Å². The normalized spacial score (nSPS) is 11.2. The van der Waals surface area contributed by atoms with Crippen LogP contribution in [-0.2, 0) is 10.5 Å². The van der Waals surface area contributed by atoms with Crippen LogP contribution in [0.1, 0.15) is 12.5 Å². The molecule has 0 unspecified atom stereocenters. The van der Waals surface area contributed by atoms with Gasteiger partial charge in [-0.15, -0.1) is 11.8 Å². The number of hydrogen-bond acceptors (Lipinski definition) is 7. The number of para-hydroxylation sites is 1. The predicted molar refractivity (Wildman–Crippen MR) is 123 cm³/mol. The molecule has 5 aromatic rings. The lowest BCUT2D eigenvalue weighted by Gasteiger charge is -2.08. The lowest BCUT2D eigenvalue weighted by molar-refractivity contribution is -0.114. The van der Waals surface area contributed by atoms with Crippen LogP contribution >= 0.6 is 11.8 Å². The second-order valence-corrected chi connectivity index (χ2v) is 8.04. The van der Waals surface area contributed by atoms with E-state index in [0.29, 0.717) is 22.7 Å². The molecule has 0 aliphatic carbocycles. The fourth-order valence-electron chi connectivity index (χ4n) is 3.47. The Balaban J connectivity index is 1.48. The molecule has 1 N–H and O–H groups in total. The second kappa shape index (κ2) is 8.27. The van der Waals surface area contributed by atoms with E-state index in [4.69, 9.17) is 4.42 Å². The zero-order chi connectivity index (χ0) is 22.1. The van der Waals surface area contributed by atoms with Gasteiger partial charge in [0.25, 0.3) is 0 Å². The van der Waals surface area contributed by atoms with Crippen LogP contribution in [-0.4, -0.2) is 25.7 Å². The van der Waals surface area contributed by atoms with Crippen LogP contribution in [0, 0.1) is 0 Å². The Labute approximate surface area is 186 Å². The van der Waals surface area contributed by atoms with E-state index in [0.717, 1.165) is 27.0 Å². The maximum Gasteiger partial charge on any atom is 0.336 e. The third-order valence-corrected chi connectivity index (χ3v) is 5.90. The first-order chi connectivity index (χ1) is 15.6. The summed E-state index contributed by atoms with van der Waals surface area (Å²) in [6.45, 7) is 1.43. The van der Waals surface area contributed by atoms with Crippen molar-refractivity contribution in [2.45, 2.75) is 17.7 Å². The molecule has 3 aromatic heterocycles. The summed E-state index contributed by atoms with van der Waals surface area (Å²) in [5.74, 6) is 0.312. The van der Waals surface area contributed by atoms with E-state index in [1.165, 1.54) is 31.1 Å². The number of hydrogen-bond donors (Lipinski definition) is 1. The van der Waals surface area contributed by atoms with Crippen molar-refractivity contribution < 1.29 is 9.21 Å². The molecule has 0 fully saturated rings.